The van der Waals surface area contributed by atoms with Crippen molar-refractivity contribution in [3.8, 4) is 0 Å². The van der Waals surface area contributed by atoms with Crippen molar-refractivity contribution >= 4 is 0 Å². The van der Waals surface area contributed by atoms with Crippen molar-refractivity contribution in [2.75, 3.05) is 0 Å². The van der Waals surface area contributed by atoms with Crippen LogP contribution in [0.25, 0.3) is 0 Å². The fraction of sp³-hybridized carbons (Fsp3) is 1.00. The Morgan fingerprint density at radius 1 is 0.682 bits per heavy atom. The number of alkyl halides is 9. The number of rotatable bonds is 8. The van der Waals surface area contributed by atoms with Gasteiger partial charge in [0.15, 0.2) is 0 Å². The molecule has 0 saturated carbocycles. The third-order valence-electron chi connectivity index (χ3n) is 3.34. The first kappa shape index (κ1) is 21.3. The Kier molecular flexibility index (Phi) is 6.25. The van der Waals surface area contributed by atoms with Gasteiger partial charge >= 0.3 is 23.9 Å². The van der Waals surface area contributed by atoms with Crippen LogP contribution in [0.3, 0.4) is 0 Å². The molecule has 0 aliphatic rings. The van der Waals surface area contributed by atoms with Crippen LogP contribution in [-0.4, -0.2) is 34.7 Å². The number of hydrogen-bond donors (Lipinski definition) is 1. The highest BCUT2D eigenvalue weighted by Crippen LogP contribution is 2.56. The number of unbranched alkanes of at least 4 members (excludes halogenated alkanes) is 3. The van der Waals surface area contributed by atoms with Crippen molar-refractivity contribution < 1.29 is 44.6 Å². The molecule has 1 unspecified atom stereocenters. The van der Waals surface area contributed by atoms with Crippen LogP contribution in [-0.2, 0) is 0 Å². The lowest BCUT2D eigenvalue weighted by molar-refractivity contribution is -0.415. The summed E-state index contributed by atoms with van der Waals surface area (Å²) in [6.45, 7) is 1.87. The summed E-state index contributed by atoms with van der Waals surface area (Å²) in [5, 5.41) is 9.38. The molecule has 0 aromatic carbocycles. The van der Waals surface area contributed by atoms with Crippen LogP contribution in [0.1, 0.15) is 46.0 Å². The highest BCUT2D eigenvalue weighted by atomic mass is 19.4. The van der Waals surface area contributed by atoms with Crippen LogP contribution in [0.5, 0.6) is 0 Å². The molecule has 0 aromatic rings. The van der Waals surface area contributed by atoms with Gasteiger partial charge in [-0.3, -0.25) is 0 Å². The molecule has 0 bridgehead atoms. The smallest absolute Gasteiger partial charge is 0.384 e. The molecule has 1 N–H and O–H groups in total. The maximum absolute atomic E-state index is 13.5. The third-order valence-corrected chi connectivity index (χ3v) is 3.34. The van der Waals surface area contributed by atoms with Gasteiger partial charge in [0.1, 0.15) is 5.60 Å². The van der Waals surface area contributed by atoms with E-state index in [0.717, 1.165) is 0 Å². The Morgan fingerprint density at radius 3 is 1.50 bits per heavy atom. The minimum Gasteiger partial charge on any atom is -0.384 e. The van der Waals surface area contributed by atoms with Gasteiger partial charge in [0.05, 0.1) is 0 Å². The van der Waals surface area contributed by atoms with Crippen molar-refractivity contribution in [2.24, 2.45) is 0 Å². The van der Waals surface area contributed by atoms with Gasteiger partial charge in [-0.25, -0.2) is 0 Å². The van der Waals surface area contributed by atoms with Gasteiger partial charge in [-0.1, -0.05) is 32.6 Å². The van der Waals surface area contributed by atoms with E-state index in [1.807, 2.05) is 0 Å². The number of halogens is 9. The van der Waals surface area contributed by atoms with Gasteiger partial charge in [-0.05, 0) is 13.3 Å². The van der Waals surface area contributed by atoms with Gasteiger partial charge in [0.2, 0.25) is 0 Å². The van der Waals surface area contributed by atoms with E-state index >= 15 is 0 Å². The van der Waals surface area contributed by atoms with Crippen LogP contribution in [0, 0.1) is 0 Å². The van der Waals surface area contributed by atoms with Gasteiger partial charge in [0.25, 0.3) is 0 Å². The standard InChI is InChI=1S/C12H17F9O/c1-3-4-5-6-7-8(2,22)9(13,14)10(15,16)11(17,18)12(19,20)21/h22H,3-7H2,1-2H3. The van der Waals surface area contributed by atoms with E-state index in [9.17, 15) is 44.6 Å². The van der Waals surface area contributed by atoms with E-state index < -0.39 is 36.0 Å². The minimum absolute atomic E-state index is 0.124. The normalized spacial score (nSPS) is 17.5. The summed E-state index contributed by atoms with van der Waals surface area (Å²) in [5.74, 6) is -19.7. The second-order valence-electron chi connectivity index (χ2n) is 5.31. The Morgan fingerprint density at radius 2 is 1.14 bits per heavy atom. The van der Waals surface area contributed by atoms with Gasteiger partial charge in [-0.15, -0.1) is 0 Å². The van der Waals surface area contributed by atoms with Crippen LogP contribution < -0.4 is 0 Å². The number of aliphatic hydroxyl groups is 1. The lowest BCUT2D eigenvalue weighted by Crippen LogP contribution is -2.67. The van der Waals surface area contributed by atoms with Crippen LogP contribution in [0.15, 0.2) is 0 Å². The van der Waals surface area contributed by atoms with Crippen molar-refractivity contribution in [1.82, 2.24) is 0 Å². The molecule has 1 nitrogen and oxygen atoms in total. The molecule has 134 valence electrons. The minimum atomic E-state index is -6.98. The molecule has 0 radical (unpaired) electrons. The first-order chi connectivity index (χ1) is 9.56. The zero-order chi connectivity index (χ0) is 18.0. The molecule has 22 heavy (non-hydrogen) atoms. The molecule has 0 heterocycles. The largest absolute Gasteiger partial charge is 0.460 e. The number of hydrogen-bond acceptors (Lipinski definition) is 1. The van der Waals surface area contributed by atoms with Crippen LogP contribution >= 0.6 is 0 Å². The summed E-state index contributed by atoms with van der Waals surface area (Å²) in [7, 11) is 0. The average Bonchev–Trinajstić information content (AvgIpc) is 2.32. The molecule has 0 aromatic heterocycles. The highest BCUT2D eigenvalue weighted by molar-refractivity contribution is 5.07. The van der Waals surface area contributed by atoms with Gasteiger partial charge < -0.3 is 5.11 Å². The fourth-order valence-corrected chi connectivity index (χ4v) is 1.77. The summed E-state index contributed by atoms with van der Waals surface area (Å²) in [5.41, 5.74) is -3.71. The van der Waals surface area contributed by atoms with E-state index in [0.29, 0.717) is 12.8 Å². The summed E-state index contributed by atoms with van der Waals surface area (Å²) in [6.07, 6.45) is -6.74. The molecule has 0 saturated heterocycles. The zero-order valence-corrected chi connectivity index (χ0v) is 11.9. The Bertz CT molecular complexity index is 360. The Balaban J connectivity index is 5.41. The van der Waals surface area contributed by atoms with E-state index in [2.05, 4.69) is 0 Å². The highest BCUT2D eigenvalue weighted by Gasteiger charge is 2.84. The van der Waals surface area contributed by atoms with E-state index in [4.69, 9.17) is 0 Å². The zero-order valence-electron chi connectivity index (χ0n) is 11.9. The van der Waals surface area contributed by atoms with E-state index in [1.54, 1.807) is 6.92 Å². The fourth-order valence-electron chi connectivity index (χ4n) is 1.77. The monoisotopic (exact) mass is 348 g/mol. The van der Waals surface area contributed by atoms with Crippen LogP contribution in [0.2, 0.25) is 0 Å². The van der Waals surface area contributed by atoms with Crippen molar-refractivity contribution in [3.05, 3.63) is 0 Å². The molecule has 1 atom stereocenters. The molecule has 0 aliphatic heterocycles. The van der Waals surface area contributed by atoms with Gasteiger partial charge in [-0.2, -0.15) is 39.5 Å². The molecule has 0 aliphatic carbocycles. The lowest BCUT2D eigenvalue weighted by Gasteiger charge is -2.40. The predicted octanol–water partition coefficient (Wildman–Crippen LogP) is 5.18. The maximum atomic E-state index is 13.5. The van der Waals surface area contributed by atoms with Gasteiger partial charge in [0, 0.05) is 0 Å². The first-order valence-electron chi connectivity index (χ1n) is 6.49. The second-order valence-corrected chi connectivity index (χ2v) is 5.31. The molecular formula is C12H17F9O. The Hall–Kier alpha value is -0.670. The molecule has 10 heteroatoms. The summed E-state index contributed by atoms with van der Waals surface area (Å²) in [6, 6.07) is 0. The summed E-state index contributed by atoms with van der Waals surface area (Å²) < 4.78 is 115. The van der Waals surface area contributed by atoms with Crippen molar-refractivity contribution in [2.45, 2.75) is 75.5 Å². The lowest BCUT2D eigenvalue weighted by atomic mass is 9.85. The third kappa shape index (κ3) is 3.62. The maximum Gasteiger partial charge on any atom is 0.460 e. The van der Waals surface area contributed by atoms with E-state index in [-0.39, 0.29) is 19.8 Å². The topological polar surface area (TPSA) is 20.2 Å². The summed E-state index contributed by atoms with van der Waals surface area (Å²) >= 11 is 0. The average molecular weight is 348 g/mol. The summed E-state index contributed by atoms with van der Waals surface area (Å²) in [4.78, 5) is 0. The quantitative estimate of drug-likeness (QED) is 0.474. The molecule has 0 fully saturated rings. The molecular weight excluding hydrogens is 331 g/mol. The van der Waals surface area contributed by atoms with Crippen LogP contribution in [0.4, 0.5) is 39.5 Å². The molecule has 0 rings (SSSR count). The first-order valence-corrected chi connectivity index (χ1v) is 6.49. The van der Waals surface area contributed by atoms with Crippen molar-refractivity contribution in [3.63, 3.8) is 0 Å². The van der Waals surface area contributed by atoms with E-state index in [1.165, 1.54) is 0 Å². The molecule has 0 amide bonds. The second kappa shape index (κ2) is 6.45. The van der Waals surface area contributed by atoms with Crippen molar-refractivity contribution in [1.29, 1.82) is 0 Å². The SMILES string of the molecule is CCCCCCC(C)(O)C(F)(F)C(F)(F)C(F)(F)C(F)(F)F. The molecule has 0 spiro atoms. The Labute approximate surface area is 121 Å². The predicted molar refractivity (Wildman–Crippen MR) is 60.3 cm³/mol.